The predicted molar refractivity (Wildman–Crippen MR) is 51.2 cm³/mol. The van der Waals surface area contributed by atoms with Gasteiger partial charge >= 0.3 is 0 Å². The van der Waals surface area contributed by atoms with Crippen LogP contribution >= 0.6 is 0 Å². The second-order valence-electron chi connectivity index (χ2n) is 2.85. The minimum atomic E-state index is 0.615. The smallest absolute Gasteiger partial charge is 0.0930 e. The van der Waals surface area contributed by atoms with Gasteiger partial charge in [0.15, 0.2) is 0 Å². The Balaban J connectivity index is 3.68. The topological polar surface area (TPSA) is 24.4 Å². The molecule has 0 rings (SSSR count). The Morgan fingerprint density at radius 3 is 2.45 bits per heavy atom. The first-order chi connectivity index (χ1) is 5.24. The molecule has 0 aliphatic heterocycles. The molecule has 0 bridgehead atoms. The van der Waals surface area contributed by atoms with Gasteiger partial charge in [0.05, 0.1) is 5.84 Å². The largest absolute Gasteiger partial charge is 0.371 e. The van der Waals surface area contributed by atoms with Crippen LogP contribution < -0.4 is 5.32 Å². The van der Waals surface area contributed by atoms with E-state index in [2.05, 4.69) is 24.2 Å². The summed E-state index contributed by atoms with van der Waals surface area (Å²) in [5.74, 6) is 1.05. The normalized spacial score (nSPS) is 14.7. The Labute approximate surface area is 70.1 Å². The SMILES string of the molecule is CCCC(CC)NC(C)=NC. The molecule has 1 unspecified atom stereocenters. The van der Waals surface area contributed by atoms with Crippen molar-refractivity contribution in [3.05, 3.63) is 0 Å². The second-order valence-corrected chi connectivity index (χ2v) is 2.85. The minimum absolute atomic E-state index is 0.615. The number of nitrogens with zero attached hydrogens (tertiary/aromatic N) is 1. The van der Waals surface area contributed by atoms with E-state index in [1.54, 1.807) is 0 Å². The van der Waals surface area contributed by atoms with Crippen LogP contribution in [-0.4, -0.2) is 18.9 Å². The fraction of sp³-hybridized carbons (Fsp3) is 0.889. The van der Waals surface area contributed by atoms with Gasteiger partial charge in [-0.15, -0.1) is 0 Å². The first-order valence-electron chi connectivity index (χ1n) is 4.44. The Hall–Kier alpha value is -0.530. The van der Waals surface area contributed by atoms with Crippen molar-refractivity contribution < 1.29 is 0 Å². The molecule has 11 heavy (non-hydrogen) atoms. The molecule has 0 aromatic rings. The highest BCUT2D eigenvalue weighted by Gasteiger charge is 2.02. The zero-order valence-corrected chi connectivity index (χ0v) is 8.15. The molecule has 0 saturated heterocycles. The van der Waals surface area contributed by atoms with E-state index in [-0.39, 0.29) is 0 Å². The van der Waals surface area contributed by atoms with Crippen molar-refractivity contribution >= 4 is 5.84 Å². The quantitative estimate of drug-likeness (QED) is 0.490. The summed E-state index contributed by atoms with van der Waals surface area (Å²) in [5.41, 5.74) is 0. The summed E-state index contributed by atoms with van der Waals surface area (Å²) in [7, 11) is 1.82. The Morgan fingerprint density at radius 2 is 2.09 bits per heavy atom. The Bertz CT molecular complexity index is 119. The Morgan fingerprint density at radius 1 is 1.45 bits per heavy atom. The number of hydrogen-bond acceptors (Lipinski definition) is 1. The molecule has 0 spiro atoms. The molecule has 2 nitrogen and oxygen atoms in total. The number of hydrogen-bond donors (Lipinski definition) is 1. The number of amidine groups is 1. The number of aliphatic imine (C=N–C) groups is 1. The maximum absolute atomic E-state index is 4.06. The van der Waals surface area contributed by atoms with Gasteiger partial charge < -0.3 is 5.32 Å². The van der Waals surface area contributed by atoms with Crippen LogP contribution in [-0.2, 0) is 0 Å². The van der Waals surface area contributed by atoms with E-state index < -0.39 is 0 Å². The van der Waals surface area contributed by atoms with Crippen molar-refractivity contribution in [1.29, 1.82) is 0 Å². The van der Waals surface area contributed by atoms with Crippen LogP contribution in [0.2, 0.25) is 0 Å². The summed E-state index contributed by atoms with van der Waals surface area (Å²) in [4.78, 5) is 4.06. The molecular formula is C9H20N2. The lowest BCUT2D eigenvalue weighted by atomic mass is 10.1. The van der Waals surface area contributed by atoms with E-state index in [4.69, 9.17) is 0 Å². The fourth-order valence-electron chi connectivity index (χ4n) is 1.09. The molecule has 0 aliphatic rings. The molecule has 1 atom stereocenters. The van der Waals surface area contributed by atoms with Gasteiger partial charge in [0, 0.05) is 13.1 Å². The van der Waals surface area contributed by atoms with Crippen molar-refractivity contribution in [2.24, 2.45) is 4.99 Å². The van der Waals surface area contributed by atoms with Crippen molar-refractivity contribution in [3.8, 4) is 0 Å². The molecule has 0 radical (unpaired) electrons. The van der Waals surface area contributed by atoms with Crippen LogP contribution in [0.25, 0.3) is 0 Å². The second kappa shape index (κ2) is 6.20. The third kappa shape index (κ3) is 4.82. The summed E-state index contributed by atoms with van der Waals surface area (Å²) in [6.45, 7) is 6.43. The van der Waals surface area contributed by atoms with Gasteiger partial charge in [-0.2, -0.15) is 0 Å². The molecule has 66 valence electrons. The van der Waals surface area contributed by atoms with Crippen LogP contribution in [0.15, 0.2) is 4.99 Å². The molecule has 1 N–H and O–H groups in total. The molecule has 0 aromatic carbocycles. The summed E-state index contributed by atoms with van der Waals surface area (Å²) < 4.78 is 0. The van der Waals surface area contributed by atoms with Crippen LogP contribution in [0.5, 0.6) is 0 Å². The van der Waals surface area contributed by atoms with E-state index in [1.807, 2.05) is 14.0 Å². The maximum atomic E-state index is 4.06. The average Bonchev–Trinajstić information content (AvgIpc) is 2.03. The Kier molecular flexibility index (Phi) is 5.90. The van der Waals surface area contributed by atoms with Crippen molar-refractivity contribution in [2.75, 3.05) is 7.05 Å². The first-order valence-corrected chi connectivity index (χ1v) is 4.44. The highest BCUT2D eigenvalue weighted by molar-refractivity contribution is 5.79. The fourth-order valence-corrected chi connectivity index (χ4v) is 1.09. The lowest BCUT2D eigenvalue weighted by Gasteiger charge is -2.16. The number of rotatable bonds is 4. The molecule has 0 heterocycles. The molecule has 0 aliphatic carbocycles. The van der Waals surface area contributed by atoms with E-state index in [0.29, 0.717) is 6.04 Å². The summed E-state index contributed by atoms with van der Waals surface area (Å²) >= 11 is 0. The van der Waals surface area contributed by atoms with Gasteiger partial charge in [0.25, 0.3) is 0 Å². The molecule has 0 amide bonds. The van der Waals surface area contributed by atoms with Gasteiger partial charge in [-0.25, -0.2) is 0 Å². The molecule has 0 fully saturated rings. The zero-order valence-electron chi connectivity index (χ0n) is 8.15. The van der Waals surface area contributed by atoms with E-state index in [9.17, 15) is 0 Å². The first kappa shape index (κ1) is 10.5. The maximum Gasteiger partial charge on any atom is 0.0930 e. The van der Waals surface area contributed by atoms with Gasteiger partial charge in [-0.1, -0.05) is 20.3 Å². The zero-order chi connectivity index (χ0) is 8.69. The lowest BCUT2D eigenvalue weighted by molar-refractivity contribution is 0.535. The van der Waals surface area contributed by atoms with Crippen LogP contribution in [0.1, 0.15) is 40.0 Å². The van der Waals surface area contributed by atoms with Gasteiger partial charge in [0.1, 0.15) is 0 Å². The highest BCUT2D eigenvalue weighted by atomic mass is 15.0. The van der Waals surface area contributed by atoms with Gasteiger partial charge in [0.2, 0.25) is 0 Å². The van der Waals surface area contributed by atoms with Crippen LogP contribution in [0.4, 0.5) is 0 Å². The third-order valence-electron chi connectivity index (χ3n) is 1.88. The van der Waals surface area contributed by atoms with E-state index >= 15 is 0 Å². The molecular weight excluding hydrogens is 136 g/mol. The highest BCUT2D eigenvalue weighted by Crippen LogP contribution is 2.00. The molecule has 2 heteroatoms. The van der Waals surface area contributed by atoms with Crippen molar-refractivity contribution in [1.82, 2.24) is 5.32 Å². The van der Waals surface area contributed by atoms with Crippen LogP contribution in [0, 0.1) is 0 Å². The van der Waals surface area contributed by atoms with E-state index in [0.717, 1.165) is 5.84 Å². The standard InChI is InChI=1S/C9H20N2/c1-5-7-9(6-2)11-8(3)10-4/h9H,5-7H2,1-4H3,(H,10,11). The monoisotopic (exact) mass is 156 g/mol. The van der Waals surface area contributed by atoms with E-state index in [1.165, 1.54) is 19.3 Å². The molecule has 0 saturated carbocycles. The third-order valence-corrected chi connectivity index (χ3v) is 1.88. The molecule has 0 aromatic heterocycles. The summed E-state index contributed by atoms with van der Waals surface area (Å²) in [6.07, 6.45) is 3.66. The minimum Gasteiger partial charge on any atom is -0.371 e. The lowest BCUT2D eigenvalue weighted by Crippen LogP contribution is -2.32. The predicted octanol–water partition coefficient (Wildman–Crippen LogP) is 2.20. The number of nitrogens with one attached hydrogen (secondary N) is 1. The average molecular weight is 156 g/mol. The van der Waals surface area contributed by atoms with Gasteiger partial charge in [-0.3, -0.25) is 4.99 Å². The van der Waals surface area contributed by atoms with Crippen LogP contribution in [0.3, 0.4) is 0 Å². The van der Waals surface area contributed by atoms with Crippen molar-refractivity contribution in [2.45, 2.75) is 46.1 Å². The summed E-state index contributed by atoms with van der Waals surface area (Å²) in [6, 6.07) is 0.615. The van der Waals surface area contributed by atoms with Gasteiger partial charge in [-0.05, 0) is 19.8 Å². The van der Waals surface area contributed by atoms with Crippen molar-refractivity contribution in [3.63, 3.8) is 0 Å². The summed E-state index contributed by atoms with van der Waals surface area (Å²) in [5, 5.41) is 3.37.